The van der Waals surface area contributed by atoms with Crippen LogP contribution in [0.2, 0.25) is 0 Å². The van der Waals surface area contributed by atoms with E-state index in [0.29, 0.717) is 17.5 Å². The van der Waals surface area contributed by atoms with Gasteiger partial charge in [0.15, 0.2) is 17.5 Å². The van der Waals surface area contributed by atoms with E-state index in [0.717, 1.165) is 55.7 Å². The van der Waals surface area contributed by atoms with Crippen LogP contribution in [0, 0.1) is 0 Å². The van der Waals surface area contributed by atoms with Gasteiger partial charge >= 0.3 is 0 Å². The Bertz CT molecular complexity index is 2920. The topological polar surface area (TPSA) is 43.6 Å². The van der Waals surface area contributed by atoms with E-state index in [1.807, 2.05) is 24.3 Å². The van der Waals surface area contributed by atoms with Crippen molar-refractivity contribution in [3.63, 3.8) is 0 Å². The van der Waals surface area contributed by atoms with Crippen molar-refractivity contribution in [3.8, 4) is 73.2 Å². The van der Waals surface area contributed by atoms with Crippen LogP contribution in [-0.4, -0.2) is 19.5 Å². The zero-order valence-electron chi connectivity index (χ0n) is 29.9. The molecule has 2 heterocycles. The summed E-state index contributed by atoms with van der Waals surface area (Å²) in [6.07, 6.45) is 0. The number of para-hydroxylation sites is 2. The summed E-state index contributed by atoms with van der Waals surface area (Å²) in [6, 6.07) is 72.2. The van der Waals surface area contributed by atoms with Gasteiger partial charge in [-0.15, -0.1) is 0 Å². The van der Waals surface area contributed by atoms with E-state index in [1.54, 1.807) is 0 Å². The highest BCUT2D eigenvalue weighted by molar-refractivity contribution is 6.09. The van der Waals surface area contributed by atoms with Gasteiger partial charge in [-0.2, -0.15) is 0 Å². The summed E-state index contributed by atoms with van der Waals surface area (Å²) in [6.45, 7) is 0. The molecule has 0 aliphatic carbocycles. The fourth-order valence-electron chi connectivity index (χ4n) is 7.66. The number of benzene rings is 8. The first-order valence-electron chi connectivity index (χ1n) is 18.5. The molecule has 4 nitrogen and oxygen atoms in total. The Morgan fingerprint density at radius 1 is 0.273 bits per heavy atom. The molecule has 0 saturated heterocycles. The lowest BCUT2D eigenvalue weighted by atomic mass is 9.97. The molecule has 2 aromatic heterocycles. The van der Waals surface area contributed by atoms with Gasteiger partial charge in [0, 0.05) is 27.5 Å². The van der Waals surface area contributed by atoms with Crippen LogP contribution in [0.4, 0.5) is 0 Å². The summed E-state index contributed by atoms with van der Waals surface area (Å²) < 4.78 is 2.37. The molecule has 55 heavy (non-hydrogen) atoms. The van der Waals surface area contributed by atoms with E-state index in [2.05, 4.69) is 187 Å². The van der Waals surface area contributed by atoms with Gasteiger partial charge in [0.25, 0.3) is 0 Å². The zero-order valence-corrected chi connectivity index (χ0v) is 29.9. The third-order valence-corrected chi connectivity index (χ3v) is 10.3. The Hall–Kier alpha value is -7.43. The molecule has 10 aromatic rings. The first kappa shape index (κ1) is 32.2. The van der Waals surface area contributed by atoms with Gasteiger partial charge in [-0.3, -0.25) is 0 Å². The minimum absolute atomic E-state index is 0.605. The molecule has 0 atom stereocenters. The summed E-state index contributed by atoms with van der Waals surface area (Å²) in [5.74, 6) is 1.85. The van der Waals surface area contributed by atoms with Gasteiger partial charge in [0.05, 0.1) is 16.7 Å². The van der Waals surface area contributed by atoms with Crippen LogP contribution in [0.3, 0.4) is 0 Å². The van der Waals surface area contributed by atoms with Gasteiger partial charge in [-0.25, -0.2) is 15.0 Å². The van der Waals surface area contributed by atoms with Gasteiger partial charge in [0.2, 0.25) is 0 Å². The maximum Gasteiger partial charge on any atom is 0.166 e. The number of hydrogen-bond acceptors (Lipinski definition) is 3. The average molecular weight is 703 g/mol. The smallest absolute Gasteiger partial charge is 0.166 e. The van der Waals surface area contributed by atoms with E-state index in [1.165, 1.54) is 21.9 Å². The molecule has 0 N–H and O–H groups in total. The minimum Gasteiger partial charge on any atom is -0.308 e. The van der Waals surface area contributed by atoms with Gasteiger partial charge in [0.1, 0.15) is 0 Å². The van der Waals surface area contributed by atoms with Crippen LogP contribution >= 0.6 is 0 Å². The van der Waals surface area contributed by atoms with Gasteiger partial charge < -0.3 is 4.57 Å². The Balaban J connectivity index is 1.25. The lowest BCUT2D eigenvalue weighted by Gasteiger charge is -2.17. The van der Waals surface area contributed by atoms with Crippen LogP contribution in [-0.2, 0) is 0 Å². The highest BCUT2D eigenvalue weighted by atomic mass is 15.1. The molecule has 0 saturated carbocycles. The van der Waals surface area contributed by atoms with E-state index in [4.69, 9.17) is 15.0 Å². The van der Waals surface area contributed by atoms with Crippen molar-refractivity contribution in [2.24, 2.45) is 0 Å². The third kappa shape index (κ3) is 5.96. The highest BCUT2D eigenvalue weighted by Crippen LogP contribution is 2.39. The van der Waals surface area contributed by atoms with Crippen LogP contribution in [0.25, 0.3) is 95.0 Å². The van der Waals surface area contributed by atoms with Crippen molar-refractivity contribution in [3.05, 3.63) is 206 Å². The second-order valence-electron chi connectivity index (χ2n) is 13.6. The van der Waals surface area contributed by atoms with Crippen molar-refractivity contribution in [1.82, 2.24) is 19.5 Å². The maximum absolute atomic E-state index is 5.34. The first-order valence-corrected chi connectivity index (χ1v) is 18.5. The molecule has 0 radical (unpaired) electrons. The number of hydrogen-bond donors (Lipinski definition) is 0. The quantitative estimate of drug-likeness (QED) is 0.166. The van der Waals surface area contributed by atoms with Gasteiger partial charge in [-0.05, 0) is 63.7 Å². The van der Waals surface area contributed by atoms with E-state index in [-0.39, 0.29) is 0 Å². The zero-order chi connectivity index (χ0) is 36.6. The molecule has 10 rings (SSSR count). The van der Waals surface area contributed by atoms with Gasteiger partial charge in [-0.1, -0.05) is 176 Å². The van der Waals surface area contributed by atoms with Crippen LogP contribution in [0.5, 0.6) is 0 Å². The van der Waals surface area contributed by atoms with Crippen molar-refractivity contribution in [2.75, 3.05) is 0 Å². The summed E-state index contributed by atoms with van der Waals surface area (Å²) >= 11 is 0. The SMILES string of the molecule is c1ccc(-c2cccc(-c3ccc(-c4nc(-c5ccccc5)nc(-c5ccccc5-c5ccccc5)n4)c(-n4c5ccccc5c5ccccc54)c3)c2)cc1. The molecule has 0 spiro atoms. The van der Waals surface area contributed by atoms with Crippen LogP contribution in [0.1, 0.15) is 0 Å². The molecular formula is C51H34N4. The monoisotopic (exact) mass is 702 g/mol. The number of nitrogens with zero attached hydrogens (tertiary/aromatic N) is 4. The van der Waals surface area contributed by atoms with Crippen molar-refractivity contribution in [1.29, 1.82) is 0 Å². The predicted molar refractivity (Wildman–Crippen MR) is 227 cm³/mol. The Kier molecular flexibility index (Phi) is 8.12. The standard InChI is InChI=1S/C51H34N4/c1-4-17-35(18-5-1)38-23-16-24-39(33-38)40-31-32-45(48(34-40)55-46-29-14-12-26-42(46)43-27-13-15-30-47(43)55)51-53-49(37-21-8-3-9-22-37)52-50(54-51)44-28-11-10-25-41(44)36-19-6-2-7-20-36/h1-34H. The number of rotatable bonds is 7. The highest BCUT2D eigenvalue weighted by Gasteiger charge is 2.21. The van der Waals surface area contributed by atoms with E-state index in [9.17, 15) is 0 Å². The summed E-state index contributed by atoms with van der Waals surface area (Å²) in [5, 5.41) is 2.39. The molecule has 0 bridgehead atoms. The molecule has 0 fully saturated rings. The molecule has 0 aliphatic heterocycles. The number of aromatic nitrogens is 4. The Morgan fingerprint density at radius 3 is 1.38 bits per heavy atom. The van der Waals surface area contributed by atoms with Crippen LogP contribution < -0.4 is 0 Å². The number of fused-ring (bicyclic) bond motifs is 3. The van der Waals surface area contributed by atoms with Crippen molar-refractivity contribution < 1.29 is 0 Å². The Morgan fingerprint density at radius 2 is 0.727 bits per heavy atom. The predicted octanol–water partition coefficient (Wildman–Crippen LogP) is 13.0. The third-order valence-electron chi connectivity index (χ3n) is 10.3. The minimum atomic E-state index is 0.605. The molecule has 0 aliphatic rings. The largest absolute Gasteiger partial charge is 0.308 e. The van der Waals surface area contributed by atoms with Crippen molar-refractivity contribution in [2.45, 2.75) is 0 Å². The second kappa shape index (κ2) is 13.8. The lowest BCUT2D eigenvalue weighted by Crippen LogP contribution is -2.04. The molecule has 0 amide bonds. The molecular weight excluding hydrogens is 669 g/mol. The Labute approximate surface area is 319 Å². The molecule has 4 heteroatoms. The molecule has 8 aromatic carbocycles. The summed E-state index contributed by atoms with van der Waals surface area (Å²) in [4.78, 5) is 15.7. The lowest BCUT2D eigenvalue weighted by molar-refractivity contribution is 1.06. The summed E-state index contributed by atoms with van der Waals surface area (Å²) in [5.41, 5.74) is 12.8. The normalized spacial score (nSPS) is 11.3. The molecule has 0 unspecified atom stereocenters. The van der Waals surface area contributed by atoms with E-state index >= 15 is 0 Å². The van der Waals surface area contributed by atoms with Crippen LogP contribution in [0.15, 0.2) is 206 Å². The average Bonchev–Trinajstić information content (AvgIpc) is 3.61. The van der Waals surface area contributed by atoms with Crippen molar-refractivity contribution >= 4 is 21.8 Å². The maximum atomic E-state index is 5.34. The summed E-state index contributed by atoms with van der Waals surface area (Å²) in [7, 11) is 0. The van der Waals surface area contributed by atoms with E-state index < -0.39 is 0 Å². The first-order chi connectivity index (χ1) is 27.3. The second-order valence-corrected chi connectivity index (χ2v) is 13.6. The fraction of sp³-hybridized carbons (Fsp3) is 0. The fourth-order valence-corrected chi connectivity index (χ4v) is 7.66. The molecule has 258 valence electrons.